The summed E-state index contributed by atoms with van der Waals surface area (Å²) in [6, 6.07) is 7.50. The summed E-state index contributed by atoms with van der Waals surface area (Å²) in [7, 11) is 3.91. The van der Waals surface area contributed by atoms with Gasteiger partial charge in [-0.2, -0.15) is 0 Å². The normalized spacial score (nSPS) is 10.2. The highest BCUT2D eigenvalue weighted by Crippen LogP contribution is 2.16. The molecule has 1 aromatic heterocycles. The quantitative estimate of drug-likeness (QED) is 0.892. The predicted molar refractivity (Wildman–Crippen MR) is 67.8 cm³/mol. The van der Waals surface area contributed by atoms with Gasteiger partial charge >= 0.3 is 0 Å². The molecule has 0 atom stereocenters. The van der Waals surface area contributed by atoms with Gasteiger partial charge in [0.25, 0.3) is 5.91 Å². The van der Waals surface area contributed by atoms with Crippen LogP contribution >= 0.6 is 0 Å². The summed E-state index contributed by atoms with van der Waals surface area (Å²) in [5.74, 6) is -0.327. The van der Waals surface area contributed by atoms with Crippen LogP contribution < -0.4 is 10.2 Å². The van der Waals surface area contributed by atoms with Crippen LogP contribution in [-0.4, -0.2) is 30.3 Å². The third-order valence-electron chi connectivity index (χ3n) is 2.51. The van der Waals surface area contributed by atoms with Gasteiger partial charge in [0.15, 0.2) is 5.69 Å². The number of benzene rings is 1. The fraction of sp³-hybridized carbons (Fsp3) is 0.250. The molecule has 94 valence electrons. The Labute approximate surface area is 105 Å². The average molecular weight is 246 g/mol. The Morgan fingerprint density at radius 2 is 1.89 bits per heavy atom. The van der Waals surface area contributed by atoms with E-state index in [1.54, 1.807) is 6.92 Å². The smallest absolute Gasteiger partial charge is 0.279 e. The summed E-state index contributed by atoms with van der Waals surface area (Å²) < 4.78 is 4.49. The van der Waals surface area contributed by atoms with Crippen LogP contribution in [0.5, 0.6) is 0 Å². The molecule has 0 spiro atoms. The van der Waals surface area contributed by atoms with E-state index in [1.807, 2.05) is 43.3 Å². The zero-order valence-electron chi connectivity index (χ0n) is 10.5. The van der Waals surface area contributed by atoms with Crippen LogP contribution in [0.4, 0.5) is 11.4 Å². The molecule has 1 heterocycles. The van der Waals surface area contributed by atoms with Crippen molar-refractivity contribution in [3.63, 3.8) is 0 Å². The van der Waals surface area contributed by atoms with Crippen LogP contribution in [0.2, 0.25) is 0 Å². The Balaban J connectivity index is 2.10. The Kier molecular flexibility index (Phi) is 3.27. The van der Waals surface area contributed by atoms with Gasteiger partial charge in [0.1, 0.15) is 5.69 Å². The van der Waals surface area contributed by atoms with E-state index in [0.717, 1.165) is 5.69 Å². The highest BCUT2D eigenvalue weighted by molar-refractivity contribution is 6.03. The summed E-state index contributed by atoms with van der Waals surface area (Å²) in [6.07, 6.45) is 0. The zero-order chi connectivity index (χ0) is 13.1. The van der Waals surface area contributed by atoms with Gasteiger partial charge in [-0.05, 0) is 36.3 Å². The van der Waals surface area contributed by atoms with Crippen molar-refractivity contribution in [3.05, 3.63) is 35.7 Å². The Hall–Kier alpha value is -2.37. The fourth-order valence-corrected chi connectivity index (χ4v) is 1.47. The summed E-state index contributed by atoms with van der Waals surface area (Å²) in [6.45, 7) is 1.67. The fourth-order valence-electron chi connectivity index (χ4n) is 1.47. The average Bonchev–Trinajstić information content (AvgIpc) is 2.76. The number of rotatable bonds is 3. The van der Waals surface area contributed by atoms with Crippen molar-refractivity contribution in [3.8, 4) is 0 Å². The summed E-state index contributed by atoms with van der Waals surface area (Å²) in [4.78, 5) is 13.8. The van der Waals surface area contributed by atoms with Gasteiger partial charge in [0.2, 0.25) is 0 Å². The zero-order valence-corrected chi connectivity index (χ0v) is 10.5. The first-order valence-electron chi connectivity index (χ1n) is 5.46. The molecule has 0 saturated heterocycles. The predicted octanol–water partition coefficient (Wildman–Crippen LogP) is 1.70. The molecular weight excluding hydrogens is 232 g/mol. The lowest BCUT2D eigenvalue weighted by Crippen LogP contribution is -2.14. The maximum absolute atomic E-state index is 11.8. The molecule has 2 aromatic rings. The van der Waals surface area contributed by atoms with E-state index in [4.69, 9.17) is 0 Å². The second kappa shape index (κ2) is 4.87. The highest BCUT2D eigenvalue weighted by Gasteiger charge is 2.14. The molecule has 18 heavy (non-hydrogen) atoms. The van der Waals surface area contributed by atoms with Gasteiger partial charge in [-0.3, -0.25) is 4.79 Å². The van der Waals surface area contributed by atoms with E-state index in [2.05, 4.69) is 20.3 Å². The number of aryl methyl sites for hydroxylation is 1. The van der Waals surface area contributed by atoms with Crippen molar-refractivity contribution in [2.75, 3.05) is 24.3 Å². The third kappa shape index (κ3) is 2.48. The van der Waals surface area contributed by atoms with Crippen molar-refractivity contribution in [2.45, 2.75) is 6.92 Å². The first-order valence-corrected chi connectivity index (χ1v) is 5.46. The molecule has 0 aliphatic heterocycles. The maximum Gasteiger partial charge on any atom is 0.279 e. The Bertz CT molecular complexity index is 545. The van der Waals surface area contributed by atoms with Crippen molar-refractivity contribution in [1.82, 2.24) is 10.3 Å². The molecule has 1 N–H and O–H groups in total. The lowest BCUT2D eigenvalue weighted by atomic mass is 10.2. The molecule has 1 amide bonds. The molecule has 0 bridgehead atoms. The number of hydrogen-bond acceptors (Lipinski definition) is 5. The number of nitrogens with zero attached hydrogens (tertiary/aromatic N) is 3. The lowest BCUT2D eigenvalue weighted by molar-refractivity contribution is 0.101. The molecule has 0 unspecified atom stereocenters. The van der Waals surface area contributed by atoms with Gasteiger partial charge < -0.3 is 10.2 Å². The van der Waals surface area contributed by atoms with Crippen LogP contribution in [0.1, 0.15) is 16.2 Å². The van der Waals surface area contributed by atoms with E-state index in [1.165, 1.54) is 0 Å². The summed E-state index contributed by atoms with van der Waals surface area (Å²) in [5.41, 5.74) is 2.43. The molecule has 1 aromatic carbocycles. The van der Waals surface area contributed by atoms with Gasteiger partial charge in [0, 0.05) is 25.5 Å². The van der Waals surface area contributed by atoms with Crippen LogP contribution in [0.15, 0.2) is 28.9 Å². The Morgan fingerprint density at radius 1 is 1.22 bits per heavy atom. The maximum atomic E-state index is 11.8. The second-order valence-corrected chi connectivity index (χ2v) is 4.09. The summed E-state index contributed by atoms with van der Waals surface area (Å²) >= 11 is 0. The first kappa shape index (κ1) is 12.1. The lowest BCUT2D eigenvalue weighted by Gasteiger charge is -2.12. The van der Waals surface area contributed by atoms with Gasteiger partial charge in [-0.15, -0.1) is 0 Å². The topological polar surface area (TPSA) is 71.3 Å². The van der Waals surface area contributed by atoms with E-state index in [0.29, 0.717) is 11.4 Å². The molecule has 0 fully saturated rings. The second-order valence-electron chi connectivity index (χ2n) is 4.09. The molecule has 0 saturated carbocycles. The van der Waals surface area contributed by atoms with Crippen molar-refractivity contribution in [1.29, 1.82) is 0 Å². The first-order chi connectivity index (χ1) is 8.58. The number of aromatic nitrogens is 2. The molecule has 0 aliphatic carbocycles. The minimum atomic E-state index is -0.327. The van der Waals surface area contributed by atoms with Crippen molar-refractivity contribution >= 4 is 17.3 Å². The van der Waals surface area contributed by atoms with Crippen LogP contribution in [0.25, 0.3) is 0 Å². The molecular formula is C12H14N4O2. The Morgan fingerprint density at radius 3 is 2.39 bits per heavy atom. The largest absolute Gasteiger partial charge is 0.378 e. The number of carbonyl (C=O) groups excluding carboxylic acids is 1. The monoisotopic (exact) mass is 246 g/mol. The highest BCUT2D eigenvalue weighted by atomic mass is 16.6. The van der Waals surface area contributed by atoms with E-state index >= 15 is 0 Å². The van der Waals surface area contributed by atoms with Crippen LogP contribution in [0, 0.1) is 6.92 Å². The van der Waals surface area contributed by atoms with Gasteiger partial charge in [-0.1, -0.05) is 5.16 Å². The van der Waals surface area contributed by atoms with Gasteiger partial charge in [0.05, 0.1) is 0 Å². The number of carbonyl (C=O) groups is 1. The molecule has 6 nitrogen and oxygen atoms in total. The molecule has 6 heteroatoms. The summed E-state index contributed by atoms with van der Waals surface area (Å²) in [5, 5.41) is 9.85. The van der Waals surface area contributed by atoms with E-state index < -0.39 is 0 Å². The number of hydrogen-bond donors (Lipinski definition) is 1. The molecule has 0 radical (unpaired) electrons. The van der Waals surface area contributed by atoms with E-state index in [9.17, 15) is 4.79 Å². The standard InChI is InChI=1S/C12H14N4O2/c1-8-11(15-18-14-8)12(17)13-9-4-6-10(7-5-9)16(2)3/h4-7H,1-3H3,(H,13,17). The number of anilines is 2. The SMILES string of the molecule is Cc1nonc1C(=O)Nc1ccc(N(C)C)cc1. The number of amides is 1. The van der Waals surface area contributed by atoms with Gasteiger partial charge in [-0.25, -0.2) is 4.63 Å². The third-order valence-corrected chi connectivity index (χ3v) is 2.51. The van der Waals surface area contributed by atoms with Crippen molar-refractivity contribution in [2.24, 2.45) is 0 Å². The minimum absolute atomic E-state index is 0.201. The molecule has 0 aliphatic rings. The van der Waals surface area contributed by atoms with Crippen molar-refractivity contribution < 1.29 is 9.42 Å². The minimum Gasteiger partial charge on any atom is -0.378 e. The van der Waals surface area contributed by atoms with Crippen LogP contribution in [0.3, 0.4) is 0 Å². The van der Waals surface area contributed by atoms with Crippen LogP contribution in [-0.2, 0) is 0 Å². The number of nitrogens with one attached hydrogen (secondary N) is 1. The molecule has 2 rings (SSSR count). The van der Waals surface area contributed by atoms with E-state index in [-0.39, 0.29) is 11.6 Å².